The average molecular weight is 179 g/mol. The fourth-order valence-electron chi connectivity index (χ4n) is 2.05. The van der Waals surface area contributed by atoms with Crippen molar-refractivity contribution in [3.8, 4) is 6.07 Å². The molecule has 3 heteroatoms. The second kappa shape index (κ2) is 4.08. The lowest BCUT2D eigenvalue weighted by Gasteiger charge is -2.22. The van der Waals surface area contributed by atoms with Gasteiger partial charge in [-0.2, -0.15) is 5.26 Å². The maximum atomic E-state index is 8.64. The molecule has 0 aromatic rings. The van der Waals surface area contributed by atoms with Crippen LogP contribution in [0, 0.1) is 11.3 Å². The van der Waals surface area contributed by atoms with Crippen LogP contribution in [0.25, 0.3) is 0 Å². The monoisotopic (exact) mass is 179 g/mol. The molecule has 2 aliphatic rings. The Morgan fingerprint density at radius 1 is 1.46 bits per heavy atom. The van der Waals surface area contributed by atoms with Gasteiger partial charge in [-0.25, -0.2) is 0 Å². The molecule has 1 heterocycles. The molecule has 0 aromatic carbocycles. The van der Waals surface area contributed by atoms with Crippen LogP contribution in [0.5, 0.6) is 0 Å². The molecular formula is C10H17N3. The molecule has 0 bridgehead atoms. The summed E-state index contributed by atoms with van der Waals surface area (Å²) >= 11 is 0. The topological polar surface area (TPSA) is 39.1 Å². The van der Waals surface area contributed by atoms with Crippen molar-refractivity contribution in [2.24, 2.45) is 0 Å². The van der Waals surface area contributed by atoms with Crippen LogP contribution in [0.3, 0.4) is 0 Å². The summed E-state index contributed by atoms with van der Waals surface area (Å²) in [5, 5.41) is 12.1. The molecule has 2 rings (SSSR count). The van der Waals surface area contributed by atoms with Crippen molar-refractivity contribution in [2.75, 3.05) is 19.6 Å². The Morgan fingerprint density at radius 2 is 2.31 bits per heavy atom. The van der Waals surface area contributed by atoms with Gasteiger partial charge in [0.25, 0.3) is 0 Å². The predicted molar refractivity (Wildman–Crippen MR) is 51.2 cm³/mol. The van der Waals surface area contributed by atoms with Gasteiger partial charge in [0.15, 0.2) is 0 Å². The third-order valence-corrected chi connectivity index (χ3v) is 2.91. The SMILES string of the molecule is N#CCC1CN(C2CC2)CCCN1. The van der Waals surface area contributed by atoms with E-state index in [1.807, 2.05) is 0 Å². The van der Waals surface area contributed by atoms with Crippen molar-refractivity contribution in [2.45, 2.75) is 37.8 Å². The number of hydrogen-bond donors (Lipinski definition) is 1. The van der Waals surface area contributed by atoms with E-state index in [0.717, 1.165) is 19.1 Å². The summed E-state index contributed by atoms with van der Waals surface area (Å²) < 4.78 is 0. The first-order chi connectivity index (χ1) is 6.40. The predicted octanol–water partition coefficient (Wildman–Crippen LogP) is 0.726. The zero-order valence-electron chi connectivity index (χ0n) is 8.00. The van der Waals surface area contributed by atoms with Crippen LogP contribution in [0.2, 0.25) is 0 Å². The van der Waals surface area contributed by atoms with Gasteiger partial charge in [-0.15, -0.1) is 0 Å². The van der Waals surface area contributed by atoms with Crippen LogP contribution in [-0.4, -0.2) is 36.6 Å². The van der Waals surface area contributed by atoms with Gasteiger partial charge in [0.1, 0.15) is 0 Å². The highest BCUT2D eigenvalue weighted by molar-refractivity contribution is 4.91. The van der Waals surface area contributed by atoms with Gasteiger partial charge >= 0.3 is 0 Å². The molecule has 0 amide bonds. The molecule has 1 saturated carbocycles. The van der Waals surface area contributed by atoms with Crippen LogP contribution in [-0.2, 0) is 0 Å². The van der Waals surface area contributed by atoms with Crippen molar-refractivity contribution >= 4 is 0 Å². The summed E-state index contributed by atoms with van der Waals surface area (Å²) in [4.78, 5) is 2.56. The van der Waals surface area contributed by atoms with E-state index in [2.05, 4.69) is 16.3 Å². The lowest BCUT2D eigenvalue weighted by molar-refractivity contribution is 0.258. The zero-order chi connectivity index (χ0) is 9.10. The summed E-state index contributed by atoms with van der Waals surface area (Å²) in [7, 11) is 0. The number of nitrogens with zero attached hydrogens (tertiary/aromatic N) is 2. The third-order valence-electron chi connectivity index (χ3n) is 2.91. The Balaban J connectivity index is 1.86. The maximum absolute atomic E-state index is 8.64. The maximum Gasteiger partial charge on any atom is 0.0638 e. The summed E-state index contributed by atoms with van der Waals surface area (Å²) in [6.45, 7) is 3.38. The molecule has 2 fully saturated rings. The first-order valence-electron chi connectivity index (χ1n) is 5.24. The van der Waals surface area contributed by atoms with E-state index >= 15 is 0 Å². The van der Waals surface area contributed by atoms with Gasteiger partial charge in [-0.3, -0.25) is 4.90 Å². The number of hydrogen-bond acceptors (Lipinski definition) is 3. The standard InChI is InChI=1S/C10H17N3/c11-5-4-9-8-13(10-2-3-10)7-1-6-12-9/h9-10,12H,1-4,6-8H2. The molecule has 1 aliphatic heterocycles. The first-order valence-corrected chi connectivity index (χ1v) is 5.24. The summed E-state index contributed by atoms with van der Waals surface area (Å²) in [6, 6.07) is 3.51. The van der Waals surface area contributed by atoms with E-state index in [1.165, 1.54) is 25.8 Å². The first kappa shape index (κ1) is 8.98. The van der Waals surface area contributed by atoms with E-state index in [1.54, 1.807) is 0 Å². The van der Waals surface area contributed by atoms with Crippen molar-refractivity contribution in [1.82, 2.24) is 10.2 Å². The van der Waals surface area contributed by atoms with E-state index in [4.69, 9.17) is 5.26 Å². The zero-order valence-corrected chi connectivity index (χ0v) is 8.00. The third kappa shape index (κ3) is 2.43. The summed E-state index contributed by atoms with van der Waals surface area (Å²) in [5.74, 6) is 0. The van der Waals surface area contributed by atoms with Crippen LogP contribution >= 0.6 is 0 Å². The van der Waals surface area contributed by atoms with Crippen molar-refractivity contribution in [3.63, 3.8) is 0 Å². The van der Waals surface area contributed by atoms with Crippen LogP contribution in [0.4, 0.5) is 0 Å². The minimum atomic E-state index is 0.410. The summed E-state index contributed by atoms with van der Waals surface area (Å²) in [5.41, 5.74) is 0. The van der Waals surface area contributed by atoms with Gasteiger partial charge in [-0.05, 0) is 32.4 Å². The second-order valence-corrected chi connectivity index (χ2v) is 4.09. The molecule has 72 valence electrons. The lowest BCUT2D eigenvalue weighted by atomic mass is 10.2. The van der Waals surface area contributed by atoms with E-state index in [9.17, 15) is 0 Å². The minimum Gasteiger partial charge on any atom is -0.312 e. The van der Waals surface area contributed by atoms with Crippen LogP contribution in [0.15, 0.2) is 0 Å². The molecule has 1 N–H and O–H groups in total. The molecule has 0 radical (unpaired) electrons. The second-order valence-electron chi connectivity index (χ2n) is 4.09. The Labute approximate surface area is 79.7 Å². The normalized spacial score (nSPS) is 30.8. The van der Waals surface area contributed by atoms with Gasteiger partial charge in [-0.1, -0.05) is 0 Å². The molecule has 1 atom stereocenters. The highest BCUT2D eigenvalue weighted by atomic mass is 15.2. The van der Waals surface area contributed by atoms with Crippen molar-refractivity contribution in [1.29, 1.82) is 5.26 Å². The number of rotatable bonds is 2. The van der Waals surface area contributed by atoms with Crippen LogP contribution in [0.1, 0.15) is 25.7 Å². The molecular weight excluding hydrogens is 162 g/mol. The number of nitriles is 1. The Bertz CT molecular complexity index is 205. The van der Waals surface area contributed by atoms with E-state index in [-0.39, 0.29) is 0 Å². The Kier molecular flexibility index (Phi) is 2.82. The highest BCUT2D eigenvalue weighted by Crippen LogP contribution is 2.27. The number of nitrogens with one attached hydrogen (secondary N) is 1. The molecule has 3 nitrogen and oxygen atoms in total. The molecule has 1 unspecified atom stereocenters. The molecule has 1 aliphatic carbocycles. The van der Waals surface area contributed by atoms with Crippen LogP contribution < -0.4 is 5.32 Å². The lowest BCUT2D eigenvalue weighted by Crippen LogP contribution is -2.38. The van der Waals surface area contributed by atoms with Crippen molar-refractivity contribution < 1.29 is 0 Å². The van der Waals surface area contributed by atoms with Crippen molar-refractivity contribution in [3.05, 3.63) is 0 Å². The molecule has 0 spiro atoms. The summed E-state index contributed by atoms with van der Waals surface area (Å²) in [6.07, 6.45) is 4.64. The van der Waals surface area contributed by atoms with Gasteiger partial charge in [0, 0.05) is 18.6 Å². The molecule has 0 aromatic heterocycles. The quantitative estimate of drug-likeness (QED) is 0.679. The Hall–Kier alpha value is -0.590. The van der Waals surface area contributed by atoms with Gasteiger partial charge in [0.05, 0.1) is 12.5 Å². The van der Waals surface area contributed by atoms with Gasteiger partial charge < -0.3 is 5.32 Å². The van der Waals surface area contributed by atoms with E-state index < -0.39 is 0 Å². The fourth-order valence-corrected chi connectivity index (χ4v) is 2.05. The van der Waals surface area contributed by atoms with Gasteiger partial charge in [0.2, 0.25) is 0 Å². The van der Waals surface area contributed by atoms with E-state index in [0.29, 0.717) is 12.5 Å². The molecule has 13 heavy (non-hydrogen) atoms. The molecule has 1 saturated heterocycles. The largest absolute Gasteiger partial charge is 0.312 e. The fraction of sp³-hybridized carbons (Fsp3) is 0.900. The average Bonchev–Trinajstić information content (AvgIpc) is 2.90. The smallest absolute Gasteiger partial charge is 0.0638 e. The highest BCUT2D eigenvalue weighted by Gasteiger charge is 2.31. The minimum absolute atomic E-state index is 0.410. The Morgan fingerprint density at radius 3 is 3.00 bits per heavy atom.